The van der Waals surface area contributed by atoms with Crippen molar-refractivity contribution in [3.05, 3.63) is 0 Å². The van der Waals surface area contributed by atoms with Gasteiger partial charge < -0.3 is 9.90 Å². The van der Waals surface area contributed by atoms with Gasteiger partial charge in [0.15, 0.2) is 0 Å². The van der Waals surface area contributed by atoms with E-state index < -0.39 is 0 Å². The minimum atomic E-state index is 0. The zero-order valence-electron chi connectivity index (χ0n) is 2.06. The molecular formula is CHCdO2-. The van der Waals surface area contributed by atoms with E-state index in [-0.39, 0.29) is 27.3 Å². The zero-order chi connectivity index (χ0) is 2.71. The third-order valence-electron chi connectivity index (χ3n) is 0. The summed E-state index contributed by atoms with van der Waals surface area (Å²) in [5.74, 6) is 0. The summed E-state index contributed by atoms with van der Waals surface area (Å²) >= 11 is 0. The second-order valence-corrected chi connectivity index (χ2v) is 0.0913. The van der Waals surface area contributed by atoms with Gasteiger partial charge >= 0.3 is 0 Å². The Hall–Kier alpha value is 0.392. The Morgan fingerprint density at radius 2 is 1.75 bits per heavy atom. The van der Waals surface area contributed by atoms with Crippen LogP contribution in [-0.4, -0.2) is 11.6 Å². The number of hydrogen-bond acceptors (Lipinski definition) is 1. The predicted molar refractivity (Wildman–Crippen MR) is 8.32 cm³/mol. The Morgan fingerprint density at radius 1 is 1.75 bits per heavy atom. The summed E-state index contributed by atoms with van der Waals surface area (Å²) in [7, 11) is 0. The van der Waals surface area contributed by atoms with Crippen LogP contribution in [0.15, 0.2) is 0 Å². The van der Waals surface area contributed by atoms with Crippen molar-refractivity contribution in [3.8, 4) is 0 Å². The molecule has 0 aliphatic rings. The van der Waals surface area contributed by atoms with Gasteiger partial charge in [0, 0.05) is 27.3 Å². The van der Waals surface area contributed by atoms with Crippen molar-refractivity contribution in [1.82, 2.24) is 0 Å². The molecule has 20 valence electrons. The molecule has 0 atom stereocenters. The Morgan fingerprint density at radius 3 is 1.75 bits per heavy atom. The van der Waals surface area contributed by atoms with Crippen molar-refractivity contribution < 1.29 is 37.2 Å². The molecule has 0 rings (SSSR count). The van der Waals surface area contributed by atoms with Crippen molar-refractivity contribution in [2.45, 2.75) is 0 Å². The van der Waals surface area contributed by atoms with Gasteiger partial charge in [0.25, 0.3) is 0 Å². The van der Waals surface area contributed by atoms with E-state index in [0.717, 1.165) is 0 Å². The molecule has 0 heterocycles. The first-order valence-corrected chi connectivity index (χ1v) is 0.428. The maximum atomic E-state index is 8.24. The van der Waals surface area contributed by atoms with Gasteiger partial charge in [0.05, 0.1) is 0 Å². The number of aliphatic hydroxyl groups excluding tert-OH is 1. The molecule has 0 bridgehead atoms. The number of rotatable bonds is 0. The van der Waals surface area contributed by atoms with E-state index in [1.807, 2.05) is 0 Å². The van der Waals surface area contributed by atoms with Crippen LogP contribution in [0.25, 0.3) is 0 Å². The maximum Gasteiger partial charge on any atom is 0 e. The molecule has 0 spiro atoms. The molecule has 0 aromatic rings. The molecule has 0 radical (unpaired) electrons. The predicted octanol–water partition coefficient (Wildman–Crippen LogP) is -0.391. The maximum absolute atomic E-state index is 8.24. The standard InChI is InChI=1S/CHO2.Cd/c2-1-3;/h(H,2,3);/q-1;. The Labute approximate surface area is 44.0 Å². The molecule has 1 N–H and O–H groups in total. The first-order chi connectivity index (χ1) is 1.41. The van der Waals surface area contributed by atoms with Crippen LogP contribution in [0, 0.1) is 0 Å². The molecule has 0 aliphatic carbocycles. The molecule has 4 heavy (non-hydrogen) atoms. The van der Waals surface area contributed by atoms with Crippen LogP contribution < -0.4 is 0 Å². The fraction of sp³-hybridized carbons (Fsp3) is 0. The molecule has 0 saturated carbocycles. The van der Waals surface area contributed by atoms with E-state index >= 15 is 0 Å². The van der Waals surface area contributed by atoms with Crippen molar-refractivity contribution in [2.24, 2.45) is 0 Å². The second kappa shape index (κ2) is 10.0. The van der Waals surface area contributed by atoms with Crippen LogP contribution in [0.3, 0.4) is 0 Å². The van der Waals surface area contributed by atoms with Crippen molar-refractivity contribution in [2.75, 3.05) is 0 Å². The topological polar surface area (TPSA) is 37.3 Å². The van der Waals surface area contributed by atoms with Crippen molar-refractivity contribution in [1.29, 1.82) is 0 Å². The second-order valence-electron chi connectivity index (χ2n) is 0.0913. The van der Waals surface area contributed by atoms with E-state index in [2.05, 4.69) is 0 Å². The van der Waals surface area contributed by atoms with Gasteiger partial charge in [0.2, 0.25) is 0 Å². The van der Waals surface area contributed by atoms with Crippen LogP contribution in [0.2, 0.25) is 0 Å². The average molecular weight is 157 g/mol. The molecule has 0 aliphatic heterocycles. The number of hydrogen-bond donors (Lipinski definition) is 1. The van der Waals surface area contributed by atoms with Crippen LogP contribution in [0.5, 0.6) is 0 Å². The normalized spacial score (nSPS) is 3.00. The summed E-state index contributed by atoms with van der Waals surface area (Å²) in [5.41, 5.74) is 0. The Kier molecular flexibility index (Phi) is 22.1. The molecule has 0 saturated heterocycles. The van der Waals surface area contributed by atoms with Crippen LogP contribution in [0.4, 0.5) is 0 Å². The summed E-state index contributed by atoms with van der Waals surface area (Å²) in [6, 6.07) is 0. The van der Waals surface area contributed by atoms with E-state index in [9.17, 15) is 0 Å². The van der Waals surface area contributed by atoms with E-state index in [4.69, 9.17) is 9.90 Å². The fourth-order valence-electron chi connectivity index (χ4n) is 0. The Bertz CT molecular complexity index is 13.5. The first kappa shape index (κ1) is 8.83. The summed E-state index contributed by atoms with van der Waals surface area (Å²) in [4.78, 5) is 8.24. The van der Waals surface area contributed by atoms with Crippen LogP contribution >= 0.6 is 0 Å². The largest absolute Gasteiger partial charge is 0.665 e. The van der Waals surface area contributed by atoms with E-state index in [0.29, 0.717) is 6.47 Å². The first-order valence-electron chi connectivity index (χ1n) is 0.428. The van der Waals surface area contributed by atoms with Gasteiger partial charge in [-0.25, -0.2) is 0 Å². The minimum Gasteiger partial charge on any atom is -0.665 e. The zero-order valence-corrected chi connectivity index (χ0v) is 6.10. The van der Waals surface area contributed by atoms with Crippen LogP contribution in [-0.2, 0) is 32.1 Å². The molecule has 0 aromatic heterocycles. The van der Waals surface area contributed by atoms with Crippen LogP contribution in [0.1, 0.15) is 0 Å². The van der Waals surface area contributed by atoms with Gasteiger partial charge in [-0.1, -0.05) is 6.47 Å². The SMILES string of the molecule is O=[C-]O.[Cd]. The summed E-state index contributed by atoms with van der Waals surface area (Å²) in [6.07, 6.45) is 0. The third-order valence-corrected chi connectivity index (χ3v) is 0. The van der Waals surface area contributed by atoms with Gasteiger partial charge in [-0.15, -0.1) is 0 Å². The molecular weight excluding hydrogens is 156 g/mol. The van der Waals surface area contributed by atoms with E-state index in [1.165, 1.54) is 0 Å². The van der Waals surface area contributed by atoms with Crippen molar-refractivity contribution >= 4 is 6.47 Å². The van der Waals surface area contributed by atoms with Gasteiger partial charge in [-0.3, -0.25) is 0 Å². The molecule has 0 fully saturated rings. The minimum absolute atomic E-state index is 0. The quantitative estimate of drug-likeness (QED) is 0.384. The van der Waals surface area contributed by atoms with E-state index in [1.54, 1.807) is 0 Å². The van der Waals surface area contributed by atoms with Gasteiger partial charge in [-0.05, 0) is 0 Å². The monoisotopic (exact) mass is 159 g/mol. The summed E-state index contributed by atoms with van der Waals surface area (Å²) in [6.45, 7) is 0.500. The van der Waals surface area contributed by atoms with Gasteiger partial charge in [0.1, 0.15) is 0 Å². The summed E-state index contributed by atoms with van der Waals surface area (Å²) in [5, 5.41) is 6.76. The molecule has 2 nitrogen and oxygen atoms in total. The molecule has 0 aromatic carbocycles. The average Bonchev–Trinajstić information content (AvgIpc) is 0.918. The molecule has 0 amide bonds. The molecule has 3 heteroatoms. The summed E-state index contributed by atoms with van der Waals surface area (Å²) < 4.78 is 0. The van der Waals surface area contributed by atoms with Crippen molar-refractivity contribution in [3.63, 3.8) is 0 Å². The Balaban J connectivity index is 0. The third kappa shape index (κ3) is 30.2. The smallest absolute Gasteiger partial charge is 0 e. The molecule has 0 unspecified atom stereocenters. The fourth-order valence-corrected chi connectivity index (χ4v) is 0. The van der Waals surface area contributed by atoms with Gasteiger partial charge in [-0.2, -0.15) is 0 Å².